The summed E-state index contributed by atoms with van der Waals surface area (Å²) >= 11 is 0. The van der Waals surface area contributed by atoms with Crippen LogP contribution in [0.3, 0.4) is 0 Å². The number of hydrogen-bond donors (Lipinski definition) is 0. The van der Waals surface area contributed by atoms with Gasteiger partial charge in [0, 0.05) is 12.0 Å². The number of hydrogen-bond acceptors (Lipinski definition) is 2. The zero-order chi connectivity index (χ0) is 12.5. The predicted octanol–water partition coefficient (Wildman–Crippen LogP) is 2.80. The first-order valence-electron chi connectivity index (χ1n) is 5.52. The van der Waals surface area contributed by atoms with Crippen LogP contribution in [0.4, 0.5) is 0 Å². The minimum absolute atomic E-state index is 0.0192. The van der Waals surface area contributed by atoms with E-state index in [1.54, 1.807) is 13.8 Å². The molecule has 0 saturated heterocycles. The van der Waals surface area contributed by atoms with Crippen molar-refractivity contribution in [3.8, 4) is 12.3 Å². The lowest BCUT2D eigenvalue weighted by atomic mass is 9.96. The molecule has 2 rings (SSSR count). The highest BCUT2D eigenvalue weighted by Crippen LogP contribution is 2.37. The fourth-order valence-corrected chi connectivity index (χ4v) is 1.91. The average molecular weight is 226 g/mol. The molecule has 2 heteroatoms. The summed E-state index contributed by atoms with van der Waals surface area (Å²) in [6.45, 7) is 3.53. The molecule has 0 amide bonds. The molecule has 1 aliphatic rings. The second-order valence-electron chi connectivity index (χ2n) is 4.50. The van der Waals surface area contributed by atoms with Gasteiger partial charge in [0.2, 0.25) is 5.78 Å². The fraction of sp³-hybridized carbons (Fsp3) is 0.267. The smallest absolute Gasteiger partial charge is 0.206 e. The van der Waals surface area contributed by atoms with Crippen LogP contribution in [0.15, 0.2) is 35.9 Å². The molecule has 0 aliphatic carbocycles. The maximum Gasteiger partial charge on any atom is 0.206 e. The van der Waals surface area contributed by atoms with Crippen LogP contribution in [0.25, 0.3) is 5.76 Å². The third-order valence-electron chi connectivity index (χ3n) is 2.77. The summed E-state index contributed by atoms with van der Waals surface area (Å²) in [6.07, 6.45) is 5.62. The van der Waals surface area contributed by atoms with Crippen molar-refractivity contribution in [2.75, 3.05) is 0 Å². The van der Waals surface area contributed by atoms with E-state index in [9.17, 15) is 4.79 Å². The first-order valence-corrected chi connectivity index (χ1v) is 5.52. The number of carbonyl (C=O) groups excluding carboxylic acids is 1. The Morgan fingerprint density at radius 2 is 1.94 bits per heavy atom. The van der Waals surface area contributed by atoms with E-state index in [1.165, 1.54) is 0 Å². The van der Waals surface area contributed by atoms with E-state index in [2.05, 4.69) is 5.92 Å². The molecular weight excluding hydrogens is 212 g/mol. The maximum absolute atomic E-state index is 12.1. The van der Waals surface area contributed by atoms with Gasteiger partial charge < -0.3 is 4.74 Å². The number of carbonyl (C=O) groups is 1. The van der Waals surface area contributed by atoms with Gasteiger partial charge in [-0.2, -0.15) is 0 Å². The largest absolute Gasteiger partial charge is 0.479 e. The molecule has 2 nitrogen and oxygen atoms in total. The lowest BCUT2D eigenvalue weighted by Gasteiger charge is -2.17. The lowest BCUT2D eigenvalue weighted by Crippen LogP contribution is -2.29. The van der Waals surface area contributed by atoms with E-state index in [1.807, 2.05) is 30.3 Å². The highest BCUT2D eigenvalue weighted by Gasteiger charge is 2.41. The van der Waals surface area contributed by atoms with Crippen LogP contribution in [-0.4, -0.2) is 11.4 Å². The molecule has 1 heterocycles. The molecule has 0 atom stereocenters. The van der Waals surface area contributed by atoms with Crippen LogP contribution < -0.4 is 0 Å². The van der Waals surface area contributed by atoms with Gasteiger partial charge in [-0.3, -0.25) is 4.79 Å². The summed E-state index contributed by atoms with van der Waals surface area (Å²) in [4.78, 5) is 12.1. The molecule has 0 fully saturated rings. The molecule has 86 valence electrons. The minimum atomic E-state index is -0.808. The summed E-state index contributed by atoms with van der Waals surface area (Å²) in [5.41, 5.74) is 0.692. The van der Waals surface area contributed by atoms with Crippen molar-refractivity contribution in [1.82, 2.24) is 0 Å². The lowest BCUT2D eigenvalue weighted by molar-refractivity contribution is -0.126. The van der Waals surface area contributed by atoms with Crippen LogP contribution in [0, 0.1) is 12.3 Å². The van der Waals surface area contributed by atoms with E-state index in [0.717, 1.165) is 5.56 Å². The summed E-state index contributed by atoms with van der Waals surface area (Å²) in [5.74, 6) is 3.12. The summed E-state index contributed by atoms with van der Waals surface area (Å²) in [5, 5.41) is 0. The van der Waals surface area contributed by atoms with Crippen LogP contribution >= 0.6 is 0 Å². The number of Topliss-reactive ketones (excluding diaryl/α,β-unsaturated/α-hetero) is 1. The SMILES string of the molecule is C#CCC1=C(c2ccccc2)OC(C)(C)C1=O. The van der Waals surface area contributed by atoms with Crippen LogP contribution in [0.1, 0.15) is 25.8 Å². The van der Waals surface area contributed by atoms with E-state index < -0.39 is 5.60 Å². The zero-order valence-electron chi connectivity index (χ0n) is 9.99. The summed E-state index contributed by atoms with van der Waals surface area (Å²) in [7, 11) is 0. The maximum atomic E-state index is 12.1. The Kier molecular flexibility index (Phi) is 2.77. The van der Waals surface area contributed by atoms with Gasteiger partial charge in [0.15, 0.2) is 5.60 Å². The molecule has 0 radical (unpaired) electrons. The number of ketones is 1. The Bertz CT molecular complexity index is 516. The molecular formula is C15H14O2. The van der Waals surface area contributed by atoms with Gasteiger partial charge in [-0.1, -0.05) is 30.3 Å². The van der Waals surface area contributed by atoms with Gasteiger partial charge in [0.1, 0.15) is 5.76 Å². The van der Waals surface area contributed by atoms with Gasteiger partial charge in [-0.25, -0.2) is 0 Å². The fourth-order valence-electron chi connectivity index (χ4n) is 1.91. The van der Waals surface area contributed by atoms with Gasteiger partial charge in [-0.05, 0) is 13.8 Å². The molecule has 0 bridgehead atoms. The molecule has 1 aliphatic heterocycles. The first kappa shape index (κ1) is 11.5. The Balaban J connectivity index is 2.50. The second-order valence-corrected chi connectivity index (χ2v) is 4.50. The van der Waals surface area contributed by atoms with E-state index in [0.29, 0.717) is 17.8 Å². The monoisotopic (exact) mass is 226 g/mol. The normalized spacial score (nSPS) is 17.8. The molecule has 1 aromatic rings. The Morgan fingerprint density at radius 3 is 2.53 bits per heavy atom. The highest BCUT2D eigenvalue weighted by atomic mass is 16.5. The zero-order valence-corrected chi connectivity index (χ0v) is 9.99. The number of rotatable bonds is 2. The van der Waals surface area contributed by atoms with Gasteiger partial charge >= 0.3 is 0 Å². The van der Waals surface area contributed by atoms with Crippen molar-refractivity contribution in [2.45, 2.75) is 25.9 Å². The molecule has 0 unspecified atom stereocenters. The second kappa shape index (κ2) is 4.10. The Labute approximate surface area is 101 Å². The number of terminal acetylenes is 1. The van der Waals surface area contributed by atoms with Gasteiger partial charge in [-0.15, -0.1) is 12.3 Å². The molecule has 1 aromatic carbocycles. The van der Waals surface area contributed by atoms with Crippen LogP contribution in [-0.2, 0) is 9.53 Å². The minimum Gasteiger partial charge on any atom is -0.479 e. The first-order chi connectivity index (χ1) is 8.06. The third-order valence-corrected chi connectivity index (χ3v) is 2.77. The van der Waals surface area contributed by atoms with Crippen molar-refractivity contribution in [2.24, 2.45) is 0 Å². The van der Waals surface area contributed by atoms with Gasteiger partial charge in [0.25, 0.3) is 0 Å². The van der Waals surface area contributed by atoms with Crippen LogP contribution in [0.2, 0.25) is 0 Å². The Morgan fingerprint density at radius 1 is 1.29 bits per heavy atom. The van der Waals surface area contributed by atoms with E-state index in [-0.39, 0.29) is 5.78 Å². The average Bonchev–Trinajstić information content (AvgIpc) is 2.55. The van der Waals surface area contributed by atoms with Crippen molar-refractivity contribution in [1.29, 1.82) is 0 Å². The van der Waals surface area contributed by atoms with E-state index in [4.69, 9.17) is 11.2 Å². The number of ether oxygens (including phenoxy) is 1. The van der Waals surface area contributed by atoms with Crippen LogP contribution in [0.5, 0.6) is 0 Å². The standard InChI is InChI=1S/C15H14O2/c1-4-8-12-13(11-9-6-5-7-10-11)17-15(2,3)14(12)16/h1,5-7,9-10H,8H2,2-3H3. The topological polar surface area (TPSA) is 26.3 Å². The summed E-state index contributed by atoms with van der Waals surface area (Å²) in [6, 6.07) is 9.58. The third kappa shape index (κ3) is 1.97. The van der Waals surface area contributed by atoms with Crippen molar-refractivity contribution < 1.29 is 9.53 Å². The summed E-state index contributed by atoms with van der Waals surface area (Å²) < 4.78 is 5.75. The van der Waals surface area contributed by atoms with Crippen molar-refractivity contribution in [3.63, 3.8) is 0 Å². The molecule has 0 saturated carbocycles. The molecule has 0 aromatic heterocycles. The van der Waals surface area contributed by atoms with Crippen molar-refractivity contribution in [3.05, 3.63) is 41.5 Å². The van der Waals surface area contributed by atoms with E-state index >= 15 is 0 Å². The Hall–Kier alpha value is -2.01. The van der Waals surface area contributed by atoms with Gasteiger partial charge in [0.05, 0.1) is 5.57 Å². The number of benzene rings is 1. The molecule has 0 spiro atoms. The highest BCUT2D eigenvalue weighted by molar-refractivity contribution is 6.10. The molecule has 0 N–H and O–H groups in total. The quantitative estimate of drug-likeness (QED) is 0.725. The molecule has 17 heavy (non-hydrogen) atoms. The van der Waals surface area contributed by atoms with Crippen molar-refractivity contribution >= 4 is 11.5 Å². The predicted molar refractivity (Wildman–Crippen MR) is 67.0 cm³/mol.